The van der Waals surface area contributed by atoms with Gasteiger partial charge in [-0.15, -0.1) is 0 Å². The minimum atomic E-state index is -0.896. The average Bonchev–Trinajstić information content (AvgIpc) is 2.93. The van der Waals surface area contributed by atoms with Gasteiger partial charge < -0.3 is 9.52 Å². The van der Waals surface area contributed by atoms with Gasteiger partial charge in [-0.3, -0.25) is 0 Å². The molecule has 0 radical (unpaired) electrons. The maximum Gasteiger partial charge on any atom is 0.180 e. The number of nitrogens with zero attached hydrogens (tertiary/aromatic N) is 2. The van der Waals surface area contributed by atoms with Crippen LogP contribution < -0.4 is 0 Å². The Morgan fingerprint density at radius 3 is 2.55 bits per heavy atom. The fraction of sp³-hybridized carbons (Fsp3) is 0.286. The first kappa shape index (κ1) is 14.2. The molecule has 0 spiro atoms. The molecule has 1 aromatic heterocycles. The number of rotatable bonds is 5. The van der Waals surface area contributed by atoms with Crippen LogP contribution in [0, 0.1) is 23.0 Å². The van der Waals surface area contributed by atoms with Crippen LogP contribution >= 0.6 is 0 Å². The Balaban J connectivity index is 2.48. The van der Waals surface area contributed by atoms with Crippen molar-refractivity contribution >= 4 is 0 Å². The second-order valence-electron chi connectivity index (χ2n) is 4.27. The minimum absolute atomic E-state index is 0.0446. The molecule has 0 fully saturated rings. The molecule has 0 unspecified atom stereocenters. The second-order valence-corrected chi connectivity index (χ2v) is 4.27. The van der Waals surface area contributed by atoms with Crippen LogP contribution in [0.5, 0.6) is 0 Å². The maximum absolute atomic E-state index is 13.9. The highest BCUT2D eigenvalue weighted by molar-refractivity contribution is 5.30. The molecule has 104 valence electrons. The van der Waals surface area contributed by atoms with Crippen molar-refractivity contribution in [2.24, 2.45) is 0 Å². The number of benzene rings is 1. The lowest BCUT2D eigenvalue weighted by atomic mass is 9.82. The lowest BCUT2D eigenvalue weighted by molar-refractivity contribution is 0.268. The van der Waals surface area contributed by atoms with Crippen molar-refractivity contribution in [1.29, 1.82) is 5.26 Å². The molecule has 0 amide bonds. The molecule has 0 aliphatic rings. The molecule has 0 saturated carbocycles. The van der Waals surface area contributed by atoms with Gasteiger partial charge in [-0.2, -0.15) is 5.26 Å². The number of aromatic nitrogens is 1. The van der Waals surface area contributed by atoms with E-state index in [9.17, 15) is 14.0 Å². The van der Waals surface area contributed by atoms with Crippen LogP contribution in [0.15, 0.2) is 35.3 Å². The first-order valence-electron chi connectivity index (χ1n) is 6.01. The molecule has 4 nitrogen and oxygen atoms in total. The largest absolute Gasteiger partial charge is 0.451 e. The quantitative estimate of drug-likeness (QED) is 0.912. The number of aliphatic hydroxyl groups excluding tert-OH is 1. The predicted molar refractivity (Wildman–Crippen MR) is 65.7 cm³/mol. The van der Waals surface area contributed by atoms with Crippen LogP contribution in [0.1, 0.15) is 29.5 Å². The van der Waals surface area contributed by atoms with Gasteiger partial charge in [0.05, 0.1) is 17.7 Å². The summed E-state index contributed by atoms with van der Waals surface area (Å²) in [4.78, 5) is 3.86. The van der Waals surface area contributed by atoms with Crippen molar-refractivity contribution in [3.8, 4) is 6.07 Å². The molecular formula is C14H12F2N2O2. The molecule has 1 aromatic carbocycles. The molecule has 6 heteroatoms. The van der Waals surface area contributed by atoms with Crippen molar-refractivity contribution in [1.82, 2.24) is 4.98 Å². The summed E-state index contributed by atoms with van der Waals surface area (Å²) in [5.74, 6) is -3.22. The van der Waals surface area contributed by atoms with Gasteiger partial charge in [0.1, 0.15) is 17.9 Å². The Kier molecular flexibility index (Phi) is 4.43. The number of hydrogen-bond donors (Lipinski definition) is 1. The van der Waals surface area contributed by atoms with Crippen LogP contribution in [-0.4, -0.2) is 16.7 Å². The van der Waals surface area contributed by atoms with Gasteiger partial charge in [0.2, 0.25) is 0 Å². The number of aliphatic hydroxyl groups is 1. The van der Waals surface area contributed by atoms with E-state index in [1.54, 1.807) is 0 Å². The van der Waals surface area contributed by atoms with Crippen molar-refractivity contribution in [2.75, 3.05) is 6.61 Å². The highest BCUT2D eigenvalue weighted by atomic mass is 19.1. The first-order valence-corrected chi connectivity index (χ1v) is 6.01. The van der Waals surface area contributed by atoms with E-state index in [2.05, 4.69) is 4.98 Å². The fourth-order valence-corrected chi connectivity index (χ4v) is 2.22. The number of oxazole rings is 1. The molecule has 1 heterocycles. The van der Waals surface area contributed by atoms with Gasteiger partial charge in [0.15, 0.2) is 6.39 Å². The summed E-state index contributed by atoms with van der Waals surface area (Å²) in [6.07, 6.45) is 2.45. The summed E-state index contributed by atoms with van der Waals surface area (Å²) in [7, 11) is 0. The molecule has 0 aliphatic carbocycles. The van der Waals surface area contributed by atoms with Gasteiger partial charge >= 0.3 is 0 Å². The zero-order valence-electron chi connectivity index (χ0n) is 10.5. The standard InChI is InChI=1S/C14H12F2N2O2/c15-11-2-1-3-12(16)14(11)9(4-5-19)10(6-17)13-7-20-8-18-13/h1-3,7-10,19H,4-5H2/t9-,10+/m1/s1. The SMILES string of the molecule is N#C[C@H](c1cocn1)[C@@H](CCO)c1c(F)cccc1F. The van der Waals surface area contributed by atoms with Crippen molar-refractivity contribution in [2.45, 2.75) is 18.3 Å². The Morgan fingerprint density at radius 2 is 2.05 bits per heavy atom. The van der Waals surface area contributed by atoms with E-state index in [-0.39, 0.29) is 24.3 Å². The van der Waals surface area contributed by atoms with Crippen LogP contribution in [0.25, 0.3) is 0 Å². The molecule has 0 saturated heterocycles. The molecule has 0 bridgehead atoms. The lowest BCUT2D eigenvalue weighted by Crippen LogP contribution is -2.15. The third-order valence-corrected chi connectivity index (χ3v) is 3.12. The third kappa shape index (κ3) is 2.68. The second kappa shape index (κ2) is 6.26. The number of halogens is 2. The van der Waals surface area contributed by atoms with Crippen LogP contribution in [0.4, 0.5) is 8.78 Å². The molecule has 2 rings (SSSR count). The summed E-state index contributed by atoms with van der Waals surface area (Å²) < 4.78 is 32.6. The molecule has 20 heavy (non-hydrogen) atoms. The summed E-state index contributed by atoms with van der Waals surface area (Å²) in [6, 6.07) is 5.48. The minimum Gasteiger partial charge on any atom is -0.451 e. The van der Waals surface area contributed by atoms with Gasteiger partial charge in [-0.1, -0.05) is 6.07 Å². The van der Waals surface area contributed by atoms with E-state index in [0.29, 0.717) is 0 Å². The van der Waals surface area contributed by atoms with Crippen LogP contribution in [0.2, 0.25) is 0 Å². The molecule has 2 atom stereocenters. The Bertz CT molecular complexity index is 588. The van der Waals surface area contributed by atoms with E-state index in [0.717, 1.165) is 18.5 Å². The van der Waals surface area contributed by atoms with Crippen molar-refractivity contribution in [3.63, 3.8) is 0 Å². The van der Waals surface area contributed by atoms with Gasteiger partial charge in [0.25, 0.3) is 0 Å². The van der Waals surface area contributed by atoms with E-state index in [1.165, 1.54) is 12.3 Å². The Labute approximate surface area is 114 Å². The van der Waals surface area contributed by atoms with E-state index < -0.39 is 23.5 Å². The topological polar surface area (TPSA) is 70.0 Å². The van der Waals surface area contributed by atoms with Crippen molar-refractivity contribution < 1.29 is 18.3 Å². The monoisotopic (exact) mass is 278 g/mol. The predicted octanol–water partition coefficient (Wildman–Crippen LogP) is 2.73. The normalized spacial score (nSPS) is 13.7. The summed E-state index contributed by atoms with van der Waals surface area (Å²) in [6.45, 7) is -0.297. The lowest BCUT2D eigenvalue weighted by Gasteiger charge is -2.21. The summed E-state index contributed by atoms with van der Waals surface area (Å²) in [5, 5.41) is 18.4. The van der Waals surface area contributed by atoms with E-state index >= 15 is 0 Å². The Morgan fingerprint density at radius 1 is 1.35 bits per heavy atom. The van der Waals surface area contributed by atoms with E-state index in [1.807, 2.05) is 6.07 Å². The van der Waals surface area contributed by atoms with Gasteiger partial charge in [-0.25, -0.2) is 13.8 Å². The zero-order chi connectivity index (χ0) is 14.5. The average molecular weight is 278 g/mol. The maximum atomic E-state index is 13.9. The van der Waals surface area contributed by atoms with E-state index in [4.69, 9.17) is 9.52 Å². The zero-order valence-corrected chi connectivity index (χ0v) is 10.5. The molecule has 0 aliphatic heterocycles. The van der Waals surface area contributed by atoms with Gasteiger partial charge in [0, 0.05) is 18.1 Å². The first-order chi connectivity index (χ1) is 9.69. The highest BCUT2D eigenvalue weighted by Gasteiger charge is 2.30. The summed E-state index contributed by atoms with van der Waals surface area (Å²) in [5.41, 5.74) is 0.0738. The molecule has 2 aromatic rings. The van der Waals surface area contributed by atoms with Crippen molar-refractivity contribution in [3.05, 3.63) is 53.7 Å². The number of nitriles is 1. The highest BCUT2D eigenvalue weighted by Crippen LogP contribution is 2.37. The Hall–Kier alpha value is -2.26. The number of hydrogen-bond acceptors (Lipinski definition) is 4. The fourth-order valence-electron chi connectivity index (χ4n) is 2.22. The third-order valence-electron chi connectivity index (χ3n) is 3.12. The van der Waals surface area contributed by atoms with Crippen LogP contribution in [0.3, 0.4) is 0 Å². The smallest absolute Gasteiger partial charge is 0.180 e. The molecular weight excluding hydrogens is 266 g/mol. The summed E-state index contributed by atoms with van der Waals surface area (Å²) >= 11 is 0. The van der Waals surface area contributed by atoms with Gasteiger partial charge in [-0.05, 0) is 18.6 Å². The van der Waals surface area contributed by atoms with Crippen LogP contribution in [-0.2, 0) is 0 Å². The molecule has 1 N–H and O–H groups in total.